The van der Waals surface area contributed by atoms with Crippen LogP contribution >= 0.6 is 0 Å². The first-order valence-electron chi connectivity index (χ1n) is 8.13. The third kappa shape index (κ3) is 2.92. The minimum atomic E-state index is -0.0494. The van der Waals surface area contributed by atoms with Crippen molar-refractivity contribution in [1.82, 2.24) is 19.5 Å². The maximum atomic E-state index is 12.1. The summed E-state index contributed by atoms with van der Waals surface area (Å²) in [6.07, 6.45) is 4.15. The molecule has 2 aromatic heterocycles. The molecule has 5 nitrogen and oxygen atoms in total. The van der Waals surface area contributed by atoms with E-state index >= 15 is 0 Å². The summed E-state index contributed by atoms with van der Waals surface area (Å²) >= 11 is 0. The summed E-state index contributed by atoms with van der Waals surface area (Å²) in [4.78, 5) is 19.0. The monoisotopic (exact) mass is 308 g/mol. The highest BCUT2D eigenvalue weighted by molar-refractivity contribution is 5.36. The zero-order chi connectivity index (χ0) is 15.6. The minimum Gasteiger partial charge on any atom is -0.297 e. The van der Waals surface area contributed by atoms with Crippen molar-refractivity contribution in [2.24, 2.45) is 0 Å². The molecule has 118 valence electrons. The van der Waals surface area contributed by atoms with Crippen molar-refractivity contribution >= 4 is 5.65 Å². The normalized spacial score (nSPS) is 19.2. The molecular weight excluding hydrogens is 288 g/mol. The maximum Gasteiger partial charge on any atom is 0.272 e. The second-order valence-corrected chi connectivity index (χ2v) is 6.23. The molecule has 1 aromatic carbocycles. The fourth-order valence-corrected chi connectivity index (χ4v) is 3.48. The van der Waals surface area contributed by atoms with E-state index in [9.17, 15) is 4.79 Å². The number of hydrogen-bond acceptors (Lipinski definition) is 3. The van der Waals surface area contributed by atoms with Gasteiger partial charge in [-0.05, 0) is 30.9 Å². The molecule has 1 aliphatic heterocycles. The van der Waals surface area contributed by atoms with Crippen molar-refractivity contribution in [1.29, 1.82) is 0 Å². The summed E-state index contributed by atoms with van der Waals surface area (Å²) in [5.41, 5.74) is 2.89. The number of nitrogens with zero attached hydrogens (tertiary/aromatic N) is 3. The summed E-state index contributed by atoms with van der Waals surface area (Å²) in [5.74, 6) is 0.571. The average molecular weight is 308 g/mol. The number of hydrogen-bond donors (Lipinski definition) is 1. The molecule has 1 saturated heterocycles. The Kier molecular flexibility index (Phi) is 3.71. The van der Waals surface area contributed by atoms with Crippen LogP contribution in [0.5, 0.6) is 0 Å². The average Bonchev–Trinajstić information content (AvgIpc) is 3.05. The number of benzene rings is 1. The molecule has 1 aliphatic rings. The van der Waals surface area contributed by atoms with Crippen molar-refractivity contribution in [2.75, 3.05) is 13.1 Å². The van der Waals surface area contributed by atoms with Crippen LogP contribution in [-0.4, -0.2) is 32.6 Å². The molecule has 0 radical (unpaired) electrons. The zero-order valence-corrected chi connectivity index (χ0v) is 13.0. The van der Waals surface area contributed by atoms with Gasteiger partial charge in [-0.15, -0.1) is 0 Å². The van der Waals surface area contributed by atoms with E-state index in [0.29, 0.717) is 11.6 Å². The SMILES string of the molecule is O=c1cc(CN2CCCC(c3ccccc3)C2)nc2cc[nH]n12. The Morgan fingerprint density at radius 3 is 2.96 bits per heavy atom. The van der Waals surface area contributed by atoms with Gasteiger partial charge in [0.2, 0.25) is 0 Å². The molecule has 0 amide bonds. The fraction of sp³-hybridized carbons (Fsp3) is 0.333. The summed E-state index contributed by atoms with van der Waals surface area (Å²) < 4.78 is 1.46. The van der Waals surface area contributed by atoms with E-state index in [1.54, 1.807) is 12.3 Å². The molecule has 1 atom stereocenters. The van der Waals surface area contributed by atoms with Crippen LogP contribution in [0.1, 0.15) is 30.0 Å². The van der Waals surface area contributed by atoms with Gasteiger partial charge in [0.25, 0.3) is 5.56 Å². The van der Waals surface area contributed by atoms with Gasteiger partial charge in [-0.2, -0.15) is 0 Å². The molecule has 5 heteroatoms. The number of rotatable bonds is 3. The van der Waals surface area contributed by atoms with Crippen molar-refractivity contribution in [2.45, 2.75) is 25.3 Å². The molecule has 0 bridgehead atoms. The van der Waals surface area contributed by atoms with E-state index in [-0.39, 0.29) is 5.56 Å². The maximum absolute atomic E-state index is 12.1. The van der Waals surface area contributed by atoms with E-state index in [1.807, 2.05) is 6.07 Å². The van der Waals surface area contributed by atoms with Crippen LogP contribution in [0.15, 0.2) is 53.5 Å². The molecule has 23 heavy (non-hydrogen) atoms. The Morgan fingerprint density at radius 2 is 2.09 bits per heavy atom. The van der Waals surface area contributed by atoms with Gasteiger partial charge in [0.1, 0.15) is 0 Å². The lowest BCUT2D eigenvalue weighted by Gasteiger charge is -2.32. The Morgan fingerprint density at radius 1 is 1.22 bits per heavy atom. The van der Waals surface area contributed by atoms with Crippen LogP contribution in [0.4, 0.5) is 0 Å². The van der Waals surface area contributed by atoms with E-state index in [2.05, 4.69) is 45.3 Å². The third-order valence-corrected chi connectivity index (χ3v) is 4.60. The summed E-state index contributed by atoms with van der Waals surface area (Å²) in [7, 11) is 0. The lowest BCUT2D eigenvalue weighted by Crippen LogP contribution is -2.34. The molecule has 1 N–H and O–H groups in total. The van der Waals surface area contributed by atoms with Crippen LogP contribution in [0, 0.1) is 0 Å². The summed E-state index contributed by atoms with van der Waals surface area (Å²) in [5, 5.41) is 2.88. The van der Waals surface area contributed by atoms with Crippen LogP contribution in [0.3, 0.4) is 0 Å². The topological polar surface area (TPSA) is 53.4 Å². The van der Waals surface area contributed by atoms with Crippen LogP contribution in [0.25, 0.3) is 5.65 Å². The standard InChI is InChI=1S/C18H20N4O/c23-18-11-16(20-17-8-9-19-22(17)18)13-21-10-4-7-15(12-21)14-5-2-1-3-6-14/h1-3,5-6,8-9,11,15,19H,4,7,10,12-13H2. The quantitative estimate of drug-likeness (QED) is 0.808. The number of fused-ring (bicyclic) bond motifs is 1. The number of aromatic amines is 1. The Hall–Kier alpha value is -2.40. The highest BCUT2D eigenvalue weighted by atomic mass is 16.1. The Balaban J connectivity index is 1.52. The molecule has 4 rings (SSSR count). The first-order valence-corrected chi connectivity index (χ1v) is 8.13. The number of aromatic nitrogens is 3. The zero-order valence-electron chi connectivity index (χ0n) is 13.0. The number of nitrogens with one attached hydrogen (secondary N) is 1. The van der Waals surface area contributed by atoms with Crippen LogP contribution in [0.2, 0.25) is 0 Å². The van der Waals surface area contributed by atoms with Gasteiger partial charge >= 0.3 is 0 Å². The smallest absolute Gasteiger partial charge is 0.272 e. The summed E-state index contributed by atoms with van der Waals surface area (Å²) in [6, 6.07) is 14.2. The fourth-order valence-electron chi connectivity index (χ4n) is 3.48. The van der Waals surface area contributed by atoms with Crippen molar-refractivity contribution < 1.29 is 0 Å². The second kappa shape index (κ2) is 6.01. The van der Waals surface area contributed by atoms with Crippen molar-refractivity contribution in [3.05, 3.63) is 70.3 Å². The van der Waals surface area contributed by atoms with Crippen LogP contribution in [-0.2, 0) is 6.54 Å². The van der Waals surface area contributed by atoms with Gasteiger partial charge < -0.3 is 0 Å². The lowest BCUT2D eigenvalue weighted by atomic mass is 9.90. The molecule has 0 aliphatic carbocycles. The van der Waals surface area contributed by atoms with Crippen LogP contribution < -0.4 is 5.56 Å². The highest BCUT2D eigenvalue weighted by Crippen LogP contribution is 2.27. The van der Waals surface area contributed by atoms with Gasteiger partial charge in [-0.1, -0.05) is 30.3 Å². The predicted octanol–water partition coefficient (Wildman–Crippen LogP) is 2.40. The van der Waals surface area contributed by atoms with E-state index in [1.165, 1.54) is 22.9 Å². The minimum absolute atomic E-state index is 0.0494. The van der Waals surface area contributed by atoms with Crippen molar-refractivity contribution in [3.8, 4) is 0 Å². The van der Waals surface area contributed by atoms with E-state index < -0.39 is 0 Å². The van der Waals surface area contributed by atoms with Crippen molar-refractivity contribution in [3.63, 3.8) is 0 Å². The molecule has 0 saturated carbocycles. The Labute approximate surface area is 134 Å². The predicted molar refractivity (Wildman–Crippen MR) is 89.5 cm³/mol. The highest BCUT2D eigenvalue weighted by Gasteiger charge is 2.21. The molecule has 1 unspecified atom stereocenters. The Bertz CT molecular complexity index is 852. The summed E-state index contributed by atoms with van der Waals surface area (Å²) in [6.45, 7) is 2.83. The first-order chi connectivity index (χ1) is 11.3. The number of piperidine rings is 1. The number of likely N-dealkylation sites (tertiary alicyclic amines) is 1. The lowest BCUT2D eigenvalue weighted by molar-refractivity contribution is 0.198. The molecule has 3 heterocycles. The number of H-pyrrole nitrogens is 1. The van der Waals surface area contributed by atoms with Gasteiger partial charge in [-0.3, -0.25) is 14.8 Å². The van der Waals surface area contributed by atoms with Gasteiger partial charge in [0, 0.05) is 31.4 Å². The molecule has 0 spiro atoms. The molecular formula is C18H20N4O. The van der Waals surface area contributed by atoms with E-state index in [0.717, 1.165) is 25.3 Å². The third-order valence-electron chi connectivity index (χ3n) is 4.60. The van der Waals surface area contributed by atoms with Gasteiger partial charge in [-0.25, -0.2) is 9.50 Å². The first kappa shape index (κ1) is 14.2. The van der Waals surface area contributed by atoms with Gasteiger partial charge in [0.05, 0.1) is 5.69 Å². The molecule has 1 fully saturated rings. The second-order valence-electron chi connectivity index (χ2n) is 6.23. The van der Waals surface area contributed by atoms with E-state index in [4.69, 9.17) is 0 Å². The largest absolute Gasteiger partial charge is 0.297 e. The molecule has 3 aromatic rings. The van der Waals surface area contributed by atoms with Gasteiger partial charge in [0.15, 0.2) is 5.65 Å².